The maximum absolute atomic E-state index is 6.08. The van der Waals surface area contributed by atoms with Gasteiger partial charge in [0, 0.05) is 6.54 Å². The van der Waals surface area contributed by atoms with Gasteiger partial charge in [0.05, 0.1) is 0 Å². The molecule has 1 aliphatic rings. The summed E-state index contributed by atoms with van der Waals surface area (Å²) in [5.74, 6) is 1.08. The average Bonchev–Trinajstić information content (AvgIpc) is 2.33. The molecular formula is C14H22ClNO. The molecule has 17 heavy (non-hydrogen) atoms. The minimum Gasteiger partial charge on any atom is -0.489 e. The number of aryl methyl sites for hydroxylation is 1. The van der Waals surface area contributed by atoms with Crippen molar-refractivity contribution >= 4 is 12.4 Å². The first-order valence-electron chi connectivity index (χ1n) is 6.35. The molecule has 1 aromatic carbocycles. The number of benzene rings is 1. The van der Waals surface area contributed by atoms with E-state index in [1.807, 2.05) is 0 Å². The van der Waals surface area contributed by atoms with Crippen molar-refractivity contribution in [2.75, 3.05) is 13.1 Å². The molecule has 1 atom stereocenters. The second-order valence-corrected chi connectivity index (χ2v) is 4.44. The number of para-hydroxylation sites is 1. The third kappa shape index (κ3) is 4.21. The van der Waals surface area contributed by atoms with E-state index in [-0.39, 0.29) is 12.4 Å². The summed E-state index contributed by atoms with van der Waals surface area (Å²) in [7, 11) is 0. The van der Waals surface area contributed by atoms with Gasteiger partial charge in [-0.25, -0.2) is 0 Å². The Morgan fingerprint density at radius 2 is 2.18 bits per heavy atom. The number of halogens is 1. The second kappa shape index (κ2) is 7.57. The largest absolute Gasteiger partial charge is 0.489 e. The molecule has 1 aromatic rings. The van der Waals surface area contributed by atoms with Crippen LogP contribution in [0.5, 0.6) is 5.75 Å². The fourth-order valence-corrected chi connectivity index (χ4v) is 2.19. The van der Waals surface area contributed by atoms with Gasteiger partial charge in [-0.05, 0) is 37.4 Å². The topological polar surface area (TPSA) is 21.3 Å². The average molecular weight is 256 g/mol. The van der Waals surface area contributed by atoms with Gasteiger partial charge in [0.25, 0.3) is 0 Å². The molecule has 0 amide bonds. The molecule has 0 spiro atoms. The lowest BCUT2D eigenvalue weighted by molar-refractivity contribution is 0.165. The summed E-state index contributed by atoms with van der Waals surface area (Å²) in [5, 5.41) is 3.38. The van der Waals surface area contributed by atoms with Gasteiger partial charge in [0.15, 0.2) is 0 Å². The normalized spacial score (nSPS) is 19.5. The summed E-state index contributed by atoms with van der Waals surface area (Å²) in [6, 6.07) is 8.43. The van der Waals surface area contributed by atoms with Crippen molar-refractivity contribution in [1.82, 2.24) is 5.32 Å². The molecule has 1 unspecified atom stereocenters. The molecule has 0 bridgehead atoms. The Balaban J connectivity index is 0.00000144. The van der Waals surface area contributed by atoms with E-state index in [9.17, 15) is 0 Å². The fraction of sp³-hybridized carbons (Fsp3) is 0.571. The molecule has 96 valence electrons. The number of piperidine rings is 1. The highest BCUT2D eigenvalue weighted by atomic mass is 35.5. The molecule has 1 N–H and O–H groups in total. The Bertz CT molecular complexity index is 324. The van der Waals surface area contributed by atoms with E-state index in [1.54, 1.807) is 0 Å². The van der Waals surface area contributed by atoms with Crippen LogP contribution in [0.15, 0.2) is 24.3 Å². The van der Waals surface area contributed by atoms with Gasteiger partial charge in [0.2, 0.25) is 0 Å². The van der Waals surface area contributed by atoms with Crippen molar-refractivity contribution in [2.45, 2.75) is 38.7 Å². The smallest absolute Gasteiger partial charge is 0.122 e. The first-order valence-corrected chi connectivity index (χ1v) is 6.35. The molecule has 1 aliphatic heterocycles. The lowest BCUT2D eigenvalue weighted by atomic mass is 10.1. The molecule has 0 aromatic heterocycles. The maximum Gasteiger partial charge on any atom is 0.122 e. The highest BCUT2D eigenvalue weighted by molar-refractivity contribution is 5.85. The Morgan fingerprint density at radius 3 is 2.88 bits per heavy atom. The quantitative estimate of drug-likeness (QED) is 0.892. The van der Waals surface area contributed by atoms with Gasteiger partial charge in [-0.1, -0.05) is 31.5 Å². The lowest BCUT2D eigenvalue weighted by Crippen LogP contribution is -2.37. The van der Waals surface area contributed by atoms with Crippen molar-refractivity contribution in [3.63, 3.8) is 0 Å². The van der Waals surface area contributed by atoms with Gasteiger partial charge in [-0.2, -0.15) is 0 Å². The number of ether oxygens (including phenoxy) is 1. The zero-order chi connectivity index (χ0) is 11.2. The predicted octanol–water partition coefficient (Wildman–Crippen LogP) is 3.19. The van der Waals surface area contributed by atoms with Gasteiger partial charge in [-0.15, -0.1) is 12.4 Å². The van der Waals surface area contributed by atoms with E-state index < -0.39 is 0 Å². The van der Waals surface area contributed by atoms with Crippen molar-refractivity contribution in [3.05, 3.63) is 29.8 Å². The zero-order valence-electron chi connectivity index (χ0n) is 10.4. The van der Waals surface area contributed by atoms with Gasteiger partial charge in [0.1, 0.15) is 11.9 Å². The highest BCUT2D eigenvalue weighted by Gasteiger charge is 2.15. The van der Waals surface area contributed by atoms with E-state index in [4.69, 9.17) is 4.74 Å². The van der Waals surface area contributed by atoms with E-state index in [0.717, 1.165) is 25.3 Å². The summed E-state index contributed by atoms with van der Waals surface area (Å²) in [6.45, 7) is 4.33. The van der Waals surface area contributed by atoms with Crippen molar-refractivity contribution in [3.8, 4) is 5.75 Å². The number of rotatable bonds is 4. The van der Waals surface area contributed by atoms with E-state index in [1.165, 1.54) is 24.8 Å². The SMILES string of the molecule is CCCc1ccccc1OC1CCCNC1.Cl. The molecule has 0 radical (unpaired) electrons. The summed E-state index contributed by atoms with van der Waals surface area (Å²) >= 11 is 0. The molecule has 1 saturated heterocycles. The molecule has 0 saturated carbocycles. The lowest BCUT2D eigenvalue weighted by Gasteiger charge is -2.25. The molecule has 2 rings (SSSR count). The summed E-state index contributed by atoms with van der Waals surface area (Å²) in [5.41, 5.74) is 1.34. The standard InChI is InChI=1S/C14H21NO.ClH/c1-2-6-12-7-3-4-9-14(12)16-13-8-5-10-15-11-13;/h3-4,7,9,13,15H,2,5-6,8,10-11H2,1H3;1H. The molecule has 3 heteroatoms. The van der Waals surface area contributed by atoms with Gasteiger partial charge in [-0.3, -0.25) is 0 Å². The summed E-state index contributed by atoms with van der Waals surface area (Å²) < 4.78 is 6.08. The van der Waals surface area contributed by atoms with Crippen LogP contribution in [0.3, 0.4) is 0 Å². The Kier molecular flexibility index (Phi) is 6.38. The second-order valence-electron chi connectivity index (χ2n) is 4.44. The van der Waals surface area contributed by atoms with Crippen LogP contribution in [0.1, 0.15) is 31.7 Å². The molecular weight excluding hydrogens is 234 g/mol. The van der Waals surface area contributed by atoms with Gasteiger partial charge >= 0.3 is 0 Å². The molecule has 2 nitrogen and oxygen atoms in total. The zero-order valence-corrected chi connectivity index (χ0v) is 11.3. The van der Waals surface area contributed by atoms with Crippen LogP contribution in [-0.2, 0) is 6.42 Å². The third-order valence-electron chi connectivity index (χ3n) is 3.04. The number of hydrogen-bond acceptors (Lipinski definition) is 2. The Labute approximate surface area is 110 Å². The molecule has 1 heterocycles. The van der Waals surface area contributed by atoms with Crippen molar-refractivity contribution < 1.29 is 4.74 Å². The first-order chi connectivity index (χ1) is 7.90. The van der Waals surface area contributed by atoms with Crippen LogP contribution in [0.25, 0.3) is 0 Å². The van der Waals surface area contributed by atoms with E-state index in [2.05, 4.69) is 36.5 Å². The van der Waals surface area contributed by atoms with Crippen LogP contribution in [0.4, 0.5) is 0 Å². The van der Waals surface area contributed by atoms with Crippen molar-refractivity contribution in [2.24, 2.45) is 0 Å². The third-order valence-corrected chi connectivity index (χ3v) is 3.04. The minimum absolute atomic E-state index is 0. The van der Waals surface area contributed by atoms with E-state index >= 15 is 0 Å². The minimum atomic E-state index is 0. The Morgan fingerprint density at radius 1 is 1.35 bits per heavy atom. The van der Waals surface area contributed by atoms with Crippen LogP contribution in [0, 0.1) is 0 Å². The van der Waals surface area contributed by atoms with Crippen LogP contribution < -0.4 is 10.1 Å². The number of hydrogen-bond donors (Lipinski definition) is 1. The van der Waals surface area contributed by atoms with E-state index in [0.29, 0.717) is 6.10 Å². The number of nitrogens with one attached hydrogen (secondary N) is 1. The first kappa shape index (κ1) is 14.3. The van der Waals surface area contributed by atoms with Crippen LogP contribution >= 0.6 is 12.4 Å². The van der Waals surface area contributed by atoms with Crippen LogP contribution in [-0.4, -0.2) is 19.2 Å². The van der Waals surface area contributed by atoms with Crippen LogP contribution in [0.2, 0.25) is 0 Å². The Hall–Kier alpha value is -0.730. The summed E-state index contributed by atoms with van der Waals surface area (Å²) in [6.07, 6.45) is 5.03. The van der Waals surface area contributed by atoms with Gasteiger partial charge < -0.3 is 10.1 Å². The highest BCUT2D eigenvalue weighted by Crippen LogP contribution is 2.22. The van der Waals surface area contributed by atoms with Crippen molar-refractivity contribution in [1.29, 1.82) is 0 Å². The molecule has 0 aliphatic carbocycles. The predicted molar refractivity (Wildman–Crippen MR) is 74.2 cm³/mol. The molecule has 1 fully saturated rings. The maximum atomic E-state index is 6.08. The summed E-state index contributed by atoms with van der Waals surface area (Å²) in [4.78, 5) is 0. The monoisotopic (exact) mass is 255 g/mol. The fourth-order valence-electron chi connectivity index (χ4n) is 2.19.